The van der Waals surface area contributed by atoms with Gasteiger partial charge in [0.05, 0.1) is 29.5 Å². The molecule has 0 aliphatic rings. The number of benzene rings is 2. The van der Waals surface area contributed by atoms with Gasteiger partial charge in [-0.1, -0.05) is 66.9 Å². The van der Waals surface area contributed by atoms with E-state index in [1.54, 1.807) is 13.0 Å². The van der Waals surface area contributed by atoms with E-state index in [4.69, 9.17) is 0 Å². The third-order valence-electron chi connectivity index (χ3n) is 4.18. The molecule has 0 spiro atoms. The predicted octanol–water partition coefficient (Wildman–Crippen LogP) is 3.98. The van der Waals surface area contributed by atoms with E-state index in [0.29, 0.717) is 6.54 Å². The summed E-state index contributed by atoms with van der Waals surface area (Å²) in [6.45, 7) is 6.03. The second-order valence-corrected chi connectivity index (χ2v) is 7.37. The number of nitrogens with one attached hydrogen (secondary N) is 1. The second kappa shape index (κ2) is 10.4. The lowest BCUT2D eigenvalue weighted by Crippen LogP contribution is -2.20. The Balaban J connectivity index is 1.67. The van der Waals surface area contributed by atoms with Crippen LogP contribution in [0.25, 0.3) is 11.0 Å². The summed E-state index contributed by atoms with van der Waals surface area (Å²) in [5.41, 5.74) is 5.67. The number of hydrogen-bond acceptors (Lipinski definition) is 5. The van der Waals surface area contributed by atoms with E-state index in [1.807, 2.05) is 42.5 Å². The van der Waals surface area contributed by atoms with Crippen molar-refractivity contribution >= 4 is 40.7 Å². The quantitative estimate of drug-likeness (QED) is 0.247. The summed E-state index contributed by atoms with van der Waals surface area (Å²) in [7, 11) is 0. The minimum Gasteiger partial charge on any atom is -0.314 e. The van der Waals surface area contributed by atoms with Crippen molar-refractivity contribution in [2.24, 2.45) is 5.10 Å². The lowest BCUT2D eigenvalue weighted by atomic mass is 10.2. The number of hydrazone groups is 1. The van der Waals surface area contributed by atoms with Gasteiger partial charge in [-0.3, -0.25) is 9.59 Å². The first kappa shape index (κ1) is 21.3. The highest BCUT2D eigenvalue weighted by Crippen LogP contribution is 2.25. The van der Waals surface area contributed by atoms with Crippen molar-refractivity contribution in [1.29, 1.82) is 0 Å². The molecule has 2 aromatic carbocycles. The number of para-hydroxylation sites is 2. The summed E-state index contributed by atoms with van der Waals surface area (Å²) < 4.78 is 2.10. The molecule has 3 rings (SSSR count). The summed E-state index contributed by atoms with van der Waals surface area (Å²) in [4.78, 5) is 28.4. The van der Waals surface area contributed by atoms with E-state index in [0.717, 1.165) is 21.8 Å². The Morgan fingerprint density at radius 1 is 1.17 bits per heavy atom. The van der Waals surface area contributed by atoms with Crippen LogP contribution in [-0.2, 0) is 16.1 Å². The molecule has 0 saturated carbocycles. The number of amides is 1. The number of ketones is 1. The first-order valence-corrected chi connectivity index (χ1v) is 10.4. The molecule has 0 saturated heterocycles. The molecule has 0 aliphatic carbocycles. The van der Waals surface area contributed by atoms with Gasteiger partial charge in [0, 0.05) is 5.57 Å². The molecule has 1 N–H and O–H groups in total. The maximum atomic E-state index is 12.2. The zero-order chi connectivity index (χ0) is 21.3. The lowest BCUT2D eigenvalue weighted by molar-refractivity contribution is -0.118. The molecule has 1 amide bonds. The monoisotopic (exact) mass is 418 g/mol. The molecule has 0 fully saturated rings. The van der Waals surface area contributed by atoms with Crippen molar-refractivity contribution in [1.82, 2.24) is 15.0 Å². The Kier molecular flexibility index (Phi) is 7.34. The summed E-state index contributed by atoms with van der Waals surface area (Å²) in [6, 6.07) is 18.0. The summed E-state index contributed by atoms with van der Waals surface area (Å²) in [5.74, 6) is -0.398. The van der Waals surface area contributed by atoms with Crippen LogP contribution in [0.15, 0.2) is 89.2 Å². The van der Waals surface area contributed by atoms with Crippen molar-refractivity contribution in [2.45, 2.75) is 18.6 Å². The number of imidazole rings is 1. The summed E-state index contributed by atoms with van der Waals surface area (Å²) in [6.07, 6.45) is 4.26. The third kappa shape index (κ3) is 5.55. The average Bonchev–Trinajstić information content (AvgIpc) is 3.10. The van der Waals surface area contributed by atoms with E-state index >= 15 is 0 Å². The highest BCUT2D eigenvalue weighted by atomic mass is 32.2. The Morgan fingerprint density at radius 3 is 2.67 bits per heavy atom. The van der Waals surface area contributed by atoms with Gasteiger partial charge in [-0.05, 0) is 30.7 Å². The van der Waals surface area contributed by atoms with Gasteiger partial charge in [0.25, 0.3) is 5.91 Å². The van der Waals surface area contributed by atoms with Gasteiger partial charge in [0.2, 0.25) is 0 Å². The molecule has 1 heterocycles. The van der Waals surface area contributed by atoms with Crippen molar-refractivity contribution in [2.75, 3.05) is 5.75 Å². The van der Waals surface area contributed by atoms with Crippen LogP contribution in [0, 0.1) is 0 Å². The standard InChI is InChI=1S/C23H22N4O2S/c1-3-9-21(28)17(2)14-24-26-22(29)16-30-23-25-19-12-7-8-13-20(19)27(23)15-18-10-5-4-6-11-18/h3-14H,2,15-16H2,1H3,(H,26,29)/b9-3-,24-14-. The van der Waals surface area contributed by atoms with Crippen molar-refractivity contribution in [3.05, 3.63) is 84.5 Å². The van der Waals surface area contributed by atoms with Crippen molar-refractivity contribution in [3.63, 3.8) is 0 Å². The van der Waals surface area contributed by atoms with Crippen LogP contribution in [-0.4, -0.2) is 33.2 Å². The van der Waals surface area contributed by atoms with E-state index in [9.17, 15) is 9.59 Å². The highest BCUT2D eigenvalue weighted by molar-refractivity contribution is 7.99. The van der Waals surface area contributed by atoms with E-state index < -0.39 is 0 Å². The third-order valence-corrected chi connectivity index (χ3v) is 5.16. The number of allylic oxidation sites excluding steroid dienone is 3. The van der Waals surface area contributed by atoms with Gasteiger partial charge >= 0.3 is 0 Å². The molecule has 0 aliphatic heterocycles. The number of thioether (sulfide) groups is 1. The molecule has 1 aromatic heterocycles. The fraction of sp³-hybridized carbons (Fsp3) is 0.130. The minimum atomic E-state index is -0.291. The molecule has 0 atom stereocenters. The van der Waals surface area contributed by atoms with Crippen LogP contribution in [0.2, 0.25) is 0 Å². The Labute approximate surface area is 179 Å². The topological polar surface area (TPSA) is 76.3 Å². The predicted molar refractivity (Wildman–Crippen MR) is 122 cm³/mol. The van der Waals surface area contributed by atoms with E-state index in [1.165, 1.54) is 24.1 Å². The number of aromatic nitrogens is 2. The Hall–Kier alpha value is -3.45. The SMILES string of the molecule is C=C(/C=N\NC(=O)CSc1nc2ccccc2n1Cc1ccccc1)C(=O)/C=C\C. The molecule has 3 aromatic rings. The molecule has 0 radical (unpaired) electrons. The maximum absolute atomic E-state index is 12.2. The molecule has 152 valence electrons. The first-order chi connectivity index (χ1) is 14.6. The number of rotatable bonds is 9. The fourth-order valence-corrected chi connectivity index (χ4v) is 3.56. The minimum absolute atomic E-state index is 0.144. The highest BCUT2D eigenvalue weighted by Gasteiger charge is 2.13. The van der Waals surface area contributed by atoms with E-state index in [2.05, 4.69) is 38.8 Å². The normalized spacial score (nSPS) is 11.4. The van der Waals surface area contributed by atoms with Crippen LogP contribution < -0.4 is 5.43 Å². The van der Waals surface area contributed by atoms with Gasteiger partial charge in [0.1, 0.15) is 0 Å². The van der Waals surface area contributed by atoms with Crippen LogP contribution in [0.3, 0.4) is 0 Å². The summed E-state index contributed by atoms with van der Waals surface area (Å²) in [5, 5.41) is 4.56. The average molecular weight is 419 g/mol. The van der Waals surface area contributed by atoms with Gasteiger partial charge in [-0.2, -0.15) is 5.10 Å². The number of fused-ring (bicyclic) bond motifs is 1. The van der Waals surface area contributed by atoms with Crippen LogP contribution in [0.5, 0.6) is 0 Å². The molecule has 6 nitrogen and oxygen atoms in total. The molecular weight excluding hydrogens is 396 g/mol. The summed E-state index contributed by atoms with van der Waals surface area (Å²) >= 11 is 1.34. The smallest absolute Gasteiger partial charge is 0.250 e. The zero-order valence-electron chi connectivity index (χ0n) is 16.6. The lowest BCUT2D eigenvalue weighted by Gasteiger charge is -2.09. The van der Waals surface area contributed by atoms with Gasteiger partial charge in [-0.15, -0.1) is 0 Å². The van der Waals surface area contributed by atoms with E-state index in [-0.39, 0.29) is 23.0 Å². The number of carbonyl (C=O) groups excluding carboxylic acids is 2. The molecule has 0 unspecified atom stereocenters. The Morgan fingerprint density at radius 2 is 1.90 bits per heavy atom. The first-order valence-electron chi connectivity index (χ1n) is 9.38. The van der Waals surface area contributed by atoms with Crippen molar-refractivity contribution in [3.8, 4) is 0 Å². The number of nitrogens with zero attached hydrogens (tertiary/aromatic N) is 3. The van der Waals surface area contributed by atoms with Crippen molar-refractivity contribution < 1.29 is 9.59 Å². The fourth-order valence-electron chi connectivity index (χ4n) is 2.75. The Bertz CT molecular complexity index is 1120. The molecule has 30 heavy (non-hydrogen) atoms. The van der Waals surface area contributed by atoms with Gasteiger partial charge < -0.3 is 4.57 Å². The maximum Gasteiger partial charge on any atom is 0.250 e. The van der Waals surface area contributed by atoms with Crippen LogP contribution in [0.1, 0.15) is 12.5 Å². The van der Waals surface area contributed by atoms with Gasteiger partial charge in [0.15, 0.2) is 10.9 Å². The largest absolute Gasteiger partial charge is 0.314 e. The zero-order valence-corrected chi connectivity index (χ0v) is 17.4. The van der Waals surface area contributed by atoms with Crippen LogP contribution in [0.4, 0.5) is 0 Å². The second-order valence-electron chi connectivity index (χ2n) is 6.43. The number of hydrogen-bond donors (Lipinski definition) is 1. The number of carbonyl (C=O) groups is 2. The molecule has 7 heteroatoms. The molecule has 0 bridgehead atoms. The molecular formula is C23H22N4O2S. The van der Waals surface area contributed by atoms with Crippen LogP contribution >= 0.6 is 11.8 Å². The van der Waals surface area contributed by atoms with Gasteiger partial charge in [-0.25, -0.2) is 10.4 Å².